The quantitative estimate of drug-likeness (QED) is 0.568. The lowest BCUT2D eigenvalue weighted by Gasteiger charge is -2.12. The number of hydrogen-bond donors (Lipinski definition) is 3. The first-order valence-corrected chi connectivity index (χ1v) is 8.90. The number of amides is 1. The van der Waals surface area contributed by atoms with Gasteiger partial charge in [-0.25, -0.2) is 4.98 Å². The Kier molecular flexibility index (Phi) is 7.89. The summed E-state index contributed by atoms with van der Waals surface area (Å²) in [6, 6.07) is 9.51. The number of aliphatic hydroxyl groups excluding tert-OH is 1. The lowest BCUT2D eigenvalue weighted by atomic mass is 10.1. The summed E-state index contributed by atoms with van der Waals surface area (Å²) in [4.78, 5) is 16.3. The minimum absolute atomic E-state index is 0.0451. The summed E-state index contributed by atoms with van der Waals surface area (Å²) in [5.41, 5.74) is 2.65. The Morgan fingerprint density at radius 3 is 2.54 bits per heavy atom. The maximum Gasteiger partial charge on any atom is 0.262 e. The van der Waals surface area contributed by atoms with E-state index in [1.54, 1.807) is 12.3 Å². The molecule has 0 saturated heterocycles. The summed E-state index contributed by atoms with van der Waals surface area (Å²) in [5, 5.41) is 14.7. The number of rotatable bonds is 10. The van der Waals surface area contributed by atoms with Crippen LogP contribution in [0, 0.1) is 13.8 Å². The van der Waals surface area contributed by atoms with E-state index in [0.717, 1.165) is 48.5 Å². The molecule has 0 aliphatic rings. The number of para-hydroxylation sites is 1. The number of carbonyl (C=O) groups excluding carboxylic acids is 1. The number of ether oxygens (including phenoxy) is 1. The molecule has 0 aliphatic heterocycles. The van der Waals surface area contributed by atoms with Crippen molar-refractivity contribution < 1.29 is 14.6 Å². The lowest BCUT2D eigenvalue weighted by Crippen LogP contribution is -2.20. The van der Waals surface area contributed by atoms with Crippen LogP contribution in [0.5, 0.6) is 5.75 Å². The van der Waals surface area contributed by atoms with E-state index < -0.39 is 0 Å². The molecular weight excluding hydrogens is 330 g/mol. The average molecular weight is 357 g/mol. The highest BCUT2D eigenvalue weighted by atomic mass is 16.5. The second-order valence-corrected chi connectivity index (χ2v) is 6.20. The van der Waals surface area contributed by atoms with Crippen molar-refractivity contribution in [3.05, 3.63) is 47.7 Å². The molecule has 3 N–H and O–H groups in total. The Labute approximate surface area is 154 Å². The highest BCUT2D eigenvalue weighted by molar-refractivity contribution is 5.91. The number of benzene rings is 1. The number of aryl methyl sites for hydroxylation is 2. The lowest BCUT2D eigenvalue weighted by molar-refractivity contribution is -0.118. The molecule has 6 heteroatoms. The van der Waals surface area contributed by atoms with Gasteiger partial charge in [0.1, 0.15) is 11.6 Å². The molecule has 6 nitrogen and oxygen atoms in total. The number of aromatic nitrogens is 1. The van der Waals surface area contributed by atoms with Crippen molar-refractivity contribution in [3.8, 4) is 5.75 Å². The van der Waals surface area contributed by atoms with E-state index in [2.05, 4.69) is 15.6 Å². The fraction of sp³-hybridized carbons (Fsp3) is 0.400. The molecule has 2 aromatic rings. The van der Waals surface area contributed by atoms with E-state index in [9.17, 15) is 4.79 Å². The number of hydrogen-bond acceptors (Lipinski definition) is 5. The van der Waals surface area contributed by atoms with Crippen LogP contribution in [0.4, 0.5) is 11.5 Å². The molecule has 0 spiro atoms. The van der Waals surface area contributed by atoms with Gasteiger partial charge in [0.25, 0.3) is 5.91 Å². The summed E-state index contributed by atoms with van der Waals surface area (Å²) in [6.07, 6.45) is 4.41. The Bertz CT molecular complexity index is 682. The monoisotopic (exact) mass is 357 g/mol. The van der Waals surface area contributed by atoms with Gasteiger partial charge in [-0.2, -0.15) is 0 Å². The average Bonchev–Trinajstić information content (AvgIpc) is 2.62. The molecule has 0 atom stereocenters. The number of unbranched alkanes of at least 4 members (excludes halogenated alkanes) is 2. The Hall–Kier alpha value is -2.60. The number of aliphatic hydroxyl groups is 1. The highest BCUT2D eigenvalue weighted by Crippen LogP contribution is 2.22. The van der Waals surface area contributed by atoms with Gasteiger partial charge < -0.3 is 20.5 Å². The predicted molar refractivity (Wildman–Crippen MR) is 104 cm³/mol. The van der Waals surface area contributed by atoms with E-state index in [-0.39, 0.29) is 19.1 Å². The number of pyridine rings is 1. The third kappa shape index (κ3) is 6.37. The van der Waals surface area contributed by atoms with Crippen LogP contribution in [0.1, 0.15) is 30.4 Å². The summed E-state index contributed by atoms with van der Waals surface area (Å²) in [6.45, 7) is 4.91. The Balaban J connectivity index is 1.76. The molecule has 140 valence electrons. The number of carbonyl (C=O) groups is 1. The van der Waals surface area contributed by atoms with E-state index >= 15 is 0 Å². The van der Waals surface area contributed by atoms with Crippen molar-refractivity contribution in [2.24, 2.45) is 0 Å². The standard InChI is InChI=1S/C20H27N3O3/c1-15-7-6-8-16(2)20(15)26-14-19(25)23-17-9-10-18(22-13-17)21-11-4-3-5-12-24/h6-10,13,24H,3-5,11-12,14H2,1-2H3,(H,21,22)(H,23,25). The maximum absolute atomic E-state index is 12.1. The van der Waals surface area contributed by atoms with E-state index in [1.165, 1.54) is 0 Å². The van der Waals surface area contributed by atoms with Crippen LogP contribution in [-0.2, 0) is 4.79 Å². The zero-order chi connectivity index (χ0) is 18.8. The molecule has 1 aromatic carbocycles. The van der Waals surface area contributed by atoms with Gasteiger partial charge in [-0.05, 0) is 56.4 Å². The van der Waals surface area contributed by atoms with Gasteiger partial charge in [0.2, 0.25) is 0 Å². The molecule has 1 heterocycles. The molecule has 0 aliphatic carbocycles. The molecule has 0 radical (unpaired) electrons. The van der Waals surface area contributed by atoms with Crippen LogP contribution in [0.25, 0.3) is 0 Å². The predicted octanol–water partition coefficient (Wildman–Crippen LogP) is 3.29. The summed E-state index contributed by atoms with van der Waals surface area (Å²) in [7, 11) is 0. The van der Waals surface area contributed by atoms with E-state index in [4.69, 9.17) is 9.84 Å². The fourth-order valence-electron chi connectivity index (χ4n) is 2.56. The first-order chi connectivity index (χ1) is 12.6. The molecule has 0 fully saturated rings. The third-order valence-electron chi connectivity index (χ3n) is 3.94. The summed E-state index contributed by atoms with van der Waals surface area (Å²) >= 11 is 0. The van der Waals surface area contributed by atoms with Crippen LogP contribution in [0.3, 0.4) is 0 Å². The second-order valence-electron chi connectivity index (χ2n) is 6.20. The number of anilines is 2. The van der Waals surface area contributed by atoms with E-state index in [0.29, 0.717) is 5.69 Å². The van der Waals surface area contributed by atoms with E-state index in [1.807, 2.05) is 38.1 Å². The van der Waals surface area contributed by atoms with Gasteiger partial charge in [0, 0.05) is 13.2 Å². The SMILES string of the molecule is Cc1cccc(C)c1OCC(=O)Nc1ccc(NCCCCCO)nc1. The molecule has 0 saturated carbocycles. The van der Waals surface area contributed by atoms with Crippen LogP contribution < -0.4 is 15.4 Å². The Morgan fingerprint density at radius 1 is 1.12 bits per heavy atom. The fourth-order valence-corrected chi connectivity index (χ4v) is 2.56. The van der Waals surface area contributed by atoms with Gasteiger partial charge >= 0.3 is 0 Å². The topological polar surface area (TPSA) is 83.5 Å². The van der Waals surface area contributed by atoms with Gasteiger partial charge in [-0.3, -0.25) is 4.79 Å². The first kappa shape index (κ1) is 19.7. The van der Waals surface area contributed by atoms with Crippen molar-refractivity contribution in [2.45, 2.75) is 33.1 Å². The normalized spacial score (nSPS) is 10.4. The molecule has 0 bridgehead atoms. The van der Waals surface area contributed by atoms with Crippen molar-refractivity contribution in [1.82, 2.24) is 4.98 Å². The van der Waals surface area contributed by atoms with Crippen LogP contribution >= 0.6 is 0 Å². The van der Waals surface area contributed by atoms with Crippen molar-refractivity contribution >= 4 is 17.4 Å². The van der Waals surface area contributed by atoms with Gasteiger partial charge in [0.15, 0.2) is 6.61 Å². The second kappa shape index (κ2) is 10.4. The molecule has 2 rings (SSSR count). The van der Waals surface area contributed by atoms with Crippen LogP contribution in [0.2, 0.25) is 0 Å². The summed E-state index contributed by atoms with van der Waals surface area (Å²) in [5.74, 6) is 1.29. The minimum Gasteiger partial charge on any atom is -0.483 e. The number of nitrogens with one attached hydrogen (secondary N) is 2. The zero-order valence-corrected chi connectivity index (χ0v) is 15.4. The third-order valence-corrected chi connectivity index (χ3v) is 3.94. The molecule has 0 unspecified atom stereocenters. The maximum atomic E-state index is 12.1. The minimum atomic E-state index is -0.223. The van der Waals surface area contributed by atoms with Gasteiger partial charge in [-0.1, -0.05) is 18.2 Å². The van der Waals surface area contributed by atoms with Crippen molar-refractivity contribution in [2.75, 3.05) is 30.4 Å². The smallest absolute Gasteiger partial charge is 0.262 e. The van der Waals surface area contributed by atoms with Crippen molar-refractivity contribution in [1.29, 1.82) is 0 Å². The largest absolute Gasteiger partial charge is 0.483 e. The van der Waals surface area contributed by atoms with Gasteiger partial charge in [-0.15, -0.1) is 0 Å². The first-order valence-electron chi connectivity index (χ1n) is 8.90. The van der Waals surface area contributed by atoms with Crippen molar-refractivity contribution in [3.63, 3.8) is 0 Å². The zero-order valence-electron chi connectivity index (χ0n) is 15.4. The molecule has 1 amide bonds. The van der Waals surface area contributed by atoms with Gasteiger partial charge in [0.05, 0.1) is 11.9 Å². The van der Waals surface area contributed by atoms with Crippen LogP contribution in [-0.4, -0.2) is 35.8 Å². The number of nitrogens with zero attached hydrogens (tertiary/aromatic N) is 1. The Morgan fingerprint density at radius 2 is 1.88 bits per heavy atom. The molecular formula is C20H27N3O3. The molecule has 26 heavy (non-hydrogen) atoms. The highest BCUT2D eigenvalue weighted by Gasteiger charge is 2.08. The van der Waals surface area contributed by atoms with Crippen LogP contribution in [0.15, 0.2) is 36.5 Å². The molecule has 1 aromatic heterocycles. The summed E-state index contributed by atoms with van der Waals surface area (Å²) < 4.78 is 5.65.